The smallest absolute Gasteiger partial charge is 0.251 e. The Morgan fingerprint density at radius 3 is 0.627 bits per heavy atom. The lowest BCUT2D eigenvalue weighted by Crippen LogP contribution is -2.38. The summed E-state index contributed by atoms with van der Waals surface area (Å²) in [5, 5.41) is 10.1. The molecule has 0 bridgehead atoms. The highest BCUT2D eigenvalue weighted by Crippen LogP contribution is 2.22. The molecule has 6 heteroatoms. The molecule has 0 aromatic heterocycles. The SMILES string of the molecule is O=C(NC1CCCCCCCCCCC1)c1cc(C(=O)NC2CCCCCCCCCCC2)cc(C(=O)NC2CCCCCCCCCCC2)c1. The quantitative estimate of drug-likeness (QED) is 0.275. The minimum absolute atomic E-state index is 0.124. The van der Waals surface area contributed by atoms with Gasteiger partial charge in [0.05, 0.1) is 0 Å². The second-order valence-corrected chi connectivity index (χ2v) is 16.6. The molecule has 3 fully saturated rings. The molecular weight excluding hydrogens is 631 g/mol. The molecule has 3 aliphatic carbocycles. The molecule has 1 aromatic rings. The number of rotatable bonds is 6. The van der Waals surface area contributed by atoms with Crippen LogP contribution < -0.4 is 16.0 Å². The van der Waals surface area contributed by atoms with Crippen LogP contribution in [0.3, 0.4) is 0 Å². The van der Waals surface area contributed by atoms with Crippen LogP contribution in [-0.4, -0.2) is 35.8 Å². The van der Waals surface area contributed by atoms with E-state index in [1.165, 1.54) is 135 Å². The highest BCUT2D eigenvalue weighted by molar-refractivity contribution is 6.04. The summed E-state index contributed by atoms with van der Waals surface area (Å²) in [5.74, 6) is -0.478. The van der Waals surface area contributed by atoms with E-state index < -0.39 is 0 Å². The van der Waals surface area contributed by atoms with Crippen molar-refractivity contribution in [2.75, 3.05) is 0 Å². The van der Waals surface area contributed by atoms with Gasteiger partial charge in [-0.25, -0.2) is 0 Å². The molecule has 3 saturated carbocycles. The monoisotopic (exact) mass is 706 g/mol. The molecule has 0 radical (unpaired) electrons. The zero-order valence-electron chi connectivity index (χ0n) is 32.5. The molecule has 0 atom stereocenters. The van der Waals surface area contributed by atoms with Crippen molar-refractivity contribution in [3.05, 3.63) is 34.9 Å². The lowest BCUT2D eigenvalue weighted by molar-refractivity contribution is 0.0930. The molecule has 0 spiro atoms. The Labute approximate surface area is 312 Å². The lowest BCUT2D eigenvalue weighted by atomic mass is 9.96. The van der Waals surface area contributed by atoms with Crippen LogP contribution in [0, 0.1) is 0 Å². The number of nitrogens with one attached hydrogen (secondary N) is 3. The van der Waals surface area contributed by atoms with Gasteiger partial charge in [-0.3, -0.25) is 14.4 Å². The Kier molecular flexibility index (Phi) is 20.8. The summed E-state index contributed by atoms with van der Waals surface area (Å²) in [4.78, 5) is 41.9. The predicted molar refractivity (Wildman–Crippen MR) is 213 cm³/mol. The van der Waals surface area contributed by atoms with E-state index in [0.29, 0.717) is 16.7 Å². The van der Waals surface area contributed by atoms with Gasteiger partial charge < -0.3 is 16.0 Å². The summed E-state index contributed by atoms with van der Waals surface area (Å²) in [6, 6.07) is 5.59. The Morgan fingerprint density at radius 1 is 0.294 bits per heavy atom. The molecule has 3 aliphatic rings. The van der Waals surface area contributed by atoms with E-state index in [0.717, 1.165) is 77.0 Å². The number of hydrogen-bond acceptors (Lipinski definition) is 3. The Hall–Kier alpha value is -2.37. The molecule has 3 amide bonds. The zero-order valence-corrected chi connectivity index (χ0v) is 32.5. The maximum atomic E-state index is 14.0. The highest BCUT2D eigenvalue weighted by atomic mass is 16.2. The van der Waals surface area contributed by atoms with Crippen molar-refractivity contribution in [1.29, 1.82) is 0 Å². The fraction of sp³-hybridized carbons (Fsp3) is 0.800. The fourth-order valence-electron chi connectivity index (χ4n) is 8.75. The van der Waals surface area contributed by atoms with E-state index in [2.05, 4.69) is 16.0 Å². The molecule has 0 aliphatic heterocycles. The first-order chi connectivity index (χ1) is 25.1. The average Bonchev–Trinajstić information content (AvgIpc) is 3.11. The second-order valence-electron chi connectivity index (χ2n) is 16.6. The third-order valence-electron chi connectivity index (χ3n) is 12.0. The lowest BCUT2D eigenvalue weighted by Gasteiger charge is -2.22. The number of benzene rings is 1. The summed E-state index contributed by atoms with van der Waals surface area (Å²) in [6.45, 7) is 0. The van der Waals surface area contributed by atoms with Gasteiger partial charge >= 0.3 is 0 Å². The van der Waals surface area contributed by atoms with Gasteiger partial charge in [0, 0.05) is 34.8 Å². The largest absolute Gasteiger partial charge is 0.349 e. The Balaban J connectivity index is 1.50. The van der Waals surface area contributed by atoms with Gasteiger partial charge in [0.15, 0.2) is 0 Å². The van der Waals surface area contributed by atoms with Crippen LogP contribution in [0.5, 0.6) is 0 Å². The first-order valence-electron chi connectivity index (χ1n) is 22.2. The van der Waals surface area contributed by atoms with Crippen molar-refractivity contribution < 1.29 is 14.4 Å². The van der Waals surface area contributed by atoms with Gasteiger partial charge in [0.2, 0.25) is 0 Å². The van der Waals surface area contributed by atoms with Crippen molar-refractivity contribution in [3.63, 3.8) is 0 Å². The first-order valence-corrected chi connectivity index (χ1v) is 22.2. The van der Waals surface area contributed by atoms with E-state index in [4.69, 9.17) is 0 Å². The predicted octanol–water partition coefficient (Wildman–Crippen LogP) is 11.9. The maximum Gasteiger partial charge on any atom is 0.251 e. The summed E-state index contributed by atoms with van der Waals surface area (Å²) in [7, 11) is 0. The minimum Gasteiger partial charge on any atom is -0.349 e. The van der Waals surface area contributed by atoms with E-state index in [1.807, 2.05) is 0 Å². The molecule has 288 valence electrons. The van der Waals surface area contributed by atoms with Gasteiger partial charge in [-0.15, -0.1) is 0 Å². The summed E-state index contributed by atoms with van der Waals surface area (Å²) in [5.41, 5.74) is 1.28. The fourth-order valence-corrected chi connectivity index (χ4v) is 8.75. The van der Waals surface area contributed by atoms with Crippen LogP contribution in [-0.2, 0) is 0 Å². The zero-order chi connectivity index (χ0) is 35.8. The van der Waals surface area contributed by atoms with Gasteiger partial charge in [-0.2, -0.15) is 0 Å². The summed E-state index contributed by atoms with van der Waals surface area (Å²) < 4.78 is 0. The van der Waals surface area contributed by atoms with Crippen molar-refractivity contribution in [3.8, 4) is 0 Å². The molecule has 51 heavy (non-hydrogen) atoms. The van der Waals surface area contributed by atoms with Gasteiger partial charge in [-0.05, 0) is 56.7 Å². The third kappa shape index (κ3) is 17.3. The third-order valence-corrected chi connectivity index (χ3v) is 12.0. The minimum atomic E-state index is -0.159. The van der Waals surface area contributed by atoms with Crippen LogP contribution in [0.25, 0.3) is 0 Å². The molecular formula is C45H75N3O3. The van der Waals surface area contributed by atoms with Crippen LogP contribution in [0.15, 0.2) is 18.2 Å². The van der Waals surface area contributed by atoms with E-state index in [1.54, 1.807) is 18.2 Å². The topological polar surface area (TPSA) is 87.3 Å². The van der Waals surface area contributed by atoms with Crippen molar-refractivity contribution in [2.45, 2.75) is 230 Å². The van der Waals surface area contributed by atoms with Crippen molar-refractivity contribution >= 4 is 17.7 Å². The summed E-state index contributed by atoms with van der Waals surface area (Å²) >= 11 is 0. The molecule has 0 unspecified atom stereocenters. The highest BCUT2D eigenvalue weighted by Gasteiger charge is 2.22. The standard InChI is InChI=1S/C45H75N3O3/c49-43(46-40-28-22-16-10-4-1-5-11-17-23-29-40)37-34-38(44(50)47-41-30-24-18-12-6-2-7-13-19-25-31-41)36-39(35-37)45(51)48-42-32-26-20-14-8-3-9-15-21-27-33-42/h34-36,40-42H,1-33H2,(H,46,49)(H,47,50)(H,48,51). The van der Waals surface area contributed by atoms with Crippen LogP contribution in [0.2, 0.25) is 0 Å². The van der Waals surface area contributed by atoms with Gasteiger partial charge in [0.1, 0.15) is 0 Å². The molecule has 0 saturated heterocycles. The molecule has 3 N–H and O–H groups in total. The van der Waals surface area contributed by atoms with Gasteiger partial charge in [-0.1, -0.05) is 173 Å². The van der Waals surface area contributed by atoms with Crippen molar-refractivity contribution in [2.24, 2.45) is 0 Å². The summed E-state index contributed by atoms with van der Waals surface area (Å²) in [6.07, 6.45) is 39.6. The van der Waals surface area contributed by atoms with Crippen LogP contribution in [0.4, 0.5) is 0 Å². The van der Waals surface area contributed by atoms with Gasteiger partial charge in [0.25, 0.3) is 17.7 Å². The Morgan fingerprint density at radius 2 is 0.451 bits per heavy atom. The van der Waals surface area contributed by atoms with E-state index in [-0.39, 0.29) is 35.8 Å². The maximum absolute atomic E-state index is 14.0. The van der Waals surface area contributed by atoms with E-state index >= 15 is 0 Å². The molecule has 4 rings (SSSR count). The number of amides is 3. The normalized spacial score (nSPS) is 21.9. The van der Waals surface area contributed by atoms with E-state index in [9.17, 15) is 14.4 Å². The average molecular weight is 706 g/mol. The second kappa shape index (κ2) is 25.6. The number of carbonyl (C=O) groups is 3. The van der Waals surface area contributed by atoms with Crippen LogP contribution in [0.1, 0.15) is 243 Å². The van der Waals surface area contributed by atoms with Crippen LogP contribution >= 0.6 is 0 Å². The van der Waals surface area contributed by atoms with Crippen molar-refractivity contribution in [1.82, 2.24) is 16.0 Å². The molecule has 6 nitrogen and oxygen atoms in total. The molecule has 1 aromatic carbocycles. The Bertz CT molecular complexity index is 949. The first kappa shape index (κ1) is 41.4. The number of hydrogen-bond donors (Lipinski definition) is 3. The number of carbonyl (C=O) groups excluding carboxylic acids is 3. The molecule has 0 heterocycles.